The fourth-order valence-electron chi connectivity index (χ4n) is 0.109. The first-order valence-corrected chi connectivity index (χ1v) is 1.50. The molecular weight excluding hydrogens is 181 g/mol. The summed E-state index contributed by atoms with van der Waals surface area (Å²) in [6, 6.07) is 0. The monoisotopic (exact) mass is 187 g/mol. The summed E-state index contributed by atoms with van der Waals surface area (Å²) >= 11 is 0. The second-order valence-electron chi connectivity index (χ2n) is 0.789. The van der Waals surface area contributed by atoms with Gasteiger partial charge in [-0.3, -0.25) is 0 Å². The molecule has 0 aliphatic carbocycles. The second kappa shape index (κ2) is 8.51. The van der Waals surface area contributed by atoms with Gasteiger partial charge in [-0.1, -0.05) is 0 Å². The molecule has 0 aliphatic heterocycles. The van der Waals surface area contributed by atoms with Crippen molar-refractivity contribution in [2.75, 3.05) is 0 Å². The normalized spacial score (nSPS) is 6.67. The van der Waals surface area contributed by atoms with Crippen LogP contribution in [-0.4, -0.2) is 34.7 Å². The van der Waals surface area contributed by atoms with Crippen LogP contribution in [0.1, 0.15) is 0 Å². The first-order valence-electron chi connectivity index (χ1n) is 1.50. The van der Waals surface area contributed by atoms with Crippen LogP contribution in [0.2, 0.25) is 0 Å². The Morgan fingerprint density at radius 1 is 0.889 bits per heavy atom. The van der Waals surface area contributed by atoms with Crippen LogP contribution in [0.4, 0.5) is 0 Å². The standard InChI is InChI=1S/B2H4O5.H3N.Zn/c3-1(4)7-2(5)6;;/h3-6H;1H3;. The summed E-state index contributed by atoms with van der Waals surface area (Å²) in [4.78, 5) is 0. The van der Waals surface area contributed by atoms with Crippen molar-refractivity contribution in [1.29, 1.82) is 0 Å². The largest absolute Gasteiger partial charge is 0.621 e. The summed E-state index contributed by atoms with van der Waals surface area (Å²) in [7, 11) is -4.25. The molecule has 6 nitrogen and oxygen atoms in total. The minimum absolute atomic E-state index is 0. The van der Waals surface area contributed by atoms with E-state index in [1.54, 1.807) is 0 Å². The minimum Gasteiger partial charge on any atom is -0.402 e. The van der Waals surface area contributed by atoms with Gasteiger partial charge in [0.1, 0.15) is 0 Å². The van der Waals surface area contributed by atoms with Crippen molar-refractivity contribution in [2.45, 2.75) is 0 Å². The molecule has 0 amide bonds. The molecule has 0 heterocycles. The van der Waals surface area contributed by atoms with Gasteiger partial charge in [0.05, 0.1) is 0 Å². The molecule has 7 N–H and O–H groups in total. The van der Waals surface area contributed by atoms with Crippen molar-refractivity contribution in [3.05, 3.63) is 0 Å². The topological polar surface area (TPSA) is 125 Å². The van der Waals surface area contributed by atoms with Gasteiger partial charge in [-0.05, 0) is 0 Å². The van der Waals surface area contributed by atoms with E-state index in [1.165, 1.54) is 0 Å². The summed E-state index contributed by atoms with van der Waals surface area (Å²) in [5.74, 6) is 0. The van der Waals surface area contributed by atoms with Crippen LogP contribution in [0.15, 0.2) is 0 Å². The van der Waals surface area contributed by atoms with E-state index in [2.05, 4.69) is 4.57 Å². The SMILES string of the molecule is N.OB(O)OB(O)O.[Zn]. The zero-order valence-electron chi connectivity index (χ0n) is 4.77. The predicted octanol–water partition coefficient (Wildman–Crippen LogP) is -2.90. The molecule has 0 rings (SSSR count). The zero-order valence-corrected chi connectivity index (χ0v) is 7.73. The van der Waals surface area contributed by atoms with Crippen LogP contribution < -0.4 is 6.15 Å². The molecule has 9 heteroatoms. The third kappa shape index (κ3) is 17.7. The van der Waals surface area contributed by atoms with Crippen molar-refractivity contribution in [2.24, 2.45) is 0 Å². The Labute approximate surface area is 65.5 Å². The average Bonchev–Trinajstić information content (AvgIpc) is 1.27. The smallest absolute Gasteiger partial charge is 0.402 e. The molecule has 0 unspecified atom stereocenters. The van der Waals surface area contributed by atoms with Crippen molar-refractivity contribution in [3.63, 3.8) is 0 Å². The van der Waals surface area contributed by atoms with Gasteiger partial charge < -0.3 is 30.8 Å². The van der Waals surface area contributed by atoms with Crippen molar-refractivity contribution in [1.82, 2.24) is 6.15 Å². The van der Waals surface area contributed by atoms with Crippen molar-refractivity contribution >= 4 is 14.6 Å². The number of hydrogen-bond acceptors (Lipinski definition) is 6. The molecule has 0 aliphatic rings. The Kier molecular flexibility index (Phi) is 15.4. The fourth-order valence-corrected chi connectivity index (χ4v) is 0.109. The summed E-state index contributed by atoms with van der Waals surface area (Å²) in [5, 5.41) is 30.9. The summed E-state index contributed by atoms with van der Waals surface area (Å²) in [6.45, 7) is 0. The van der Waals surface area contributed by atoms with Crippen LogP contribution in [0.25, 0.3) is 0 Å². The second-order valence-corrected chi connectivity index (χ2v) is 0.789. The maximum absolute atomic E-state index is 7.74. The van der Waals surface area contributed by atoms with Gasteiger partial charge in [0.15, 0.2) is 0 Å². The van der Waals surface area contributed by atoms with Crippen LogP contribution in [-0.2, 0) is 24.0 Å². The maximum atomic E-state index is 7.74. The van der Waals surface area contributed by atoms with Gasteiger partial charge in [0.25, 0.3) is 0 Å². The van der Waals surface area contributed by atoms with Crippen LogP contribution >= 0.6 is 0 Å². The van der Waals surface area contributed by atoms with Gasteiger partial charge >= 0.3 is 14.6 Å². The summed E-state index contributed by atoms with van der Waals surface area (Å²) < 4.78 is 3.47. The predicted molar refractivity (Wildman–Crippen MR) is 26.5 cm³/mol. The molecule has 0 radical (unpaired) electrons. The van der Waals surface area contributed by atoms with E-state index >= 15 is 0 Å². The summed E-state index contributed by atoms with van der Waals surface area (Å²) in [5.41, 5.74) is 0. The quantitative estimate of drug-likeness (QED) is 0.296. The van der Waals surface area contributed by atoms with E-state index in [4.69, 9.17) is 20.1 Å². The van der Waals surface area contributed by atoms with Crippen molar-refractivity contribution < 1.29 is 44.1 Å². The molecule has 9 heavy (non-hydrogen) atoms. The average molecular weight is 188 g/mol. The van der Waals surface area contributed by atoms with E-state index in [9.17, 15) is 0 Å². The first-order chi connectivity index (χ1) is 3.13. The Bertz CT molecular complexity index is 44.2. The van der Waals surface area contributed by atoms with Crippen LogP contribution in [0.5, 0.6) is 0 Å². The van der Waals surface area contributed by atoms with E-state index < -0.39 is 14.6 Å². The Morgan fingerprint density at radius 2 is 1.11 bits per heavy atom. The molecule has 0 aromatic rings. The Morgan fingerprint density at radius 3 is 1.11 bits per heavy atom. The van der Waals surface area contributed by atoms with E-state index in [1.807, 2.05) is 0 Å². The Hall–Kier alpha value is 0.513. The first kappa shape index (κ1) is 16.3. The molecule has 0 saturated carbocycles. The molecule has 0 spiro atoms. The Balaban J connectivity index is -0.000000180. The number of rotatable bonds is 2. The summed E-state index contributed by atoms with van der Waals surface area (Å²) in [6.07, 6.45) is 0. The van der Waals surface area contributed by atoms with Gasteiger partial charge in [-0.25, -0.2) is 0 Å². The minimum atomic E-state index is -2.13. The third-order valence-electron chi connectivity index (χ3n) is 0.243. The van der Waals surface area contributed by atoms with Gasteiger partial charge in [0, 0.05) is 19.5 Å². The van der Waals surface area contributed by atoms with E-state index in [0.717, 1.165) is 0 Å². The van der Waals surface area contributed by atoms with E-state index in [-0.39, 0.29) is 25.6 Å². The van der Waals surface area contributed by atoms with Gasteiger partial charge in [-0.15, -0.1) is 0 Å². The van der Waals surface area contributed by atoms with Gasteiger partial charge in [0.2, 0.25) is 0 Å². The van der Waals surface area contributed by atoms with Crippen LogP contribution in [0.3, 0.4) is 0 Å². The molecule has 0 atom stereocenters. The molecule has 50 valence electrons. The van der Waals surface area contributed by atoms with Crippen molar-refractivity contribution in [3.8, 4) is 0 Å². The van der Waals surface area contributed by atoms with Crippen LogP contribution in [0, 0.1) is 0 Å². The third-order valence-corrected chi connectivity index (χ3v) is 0.243. The molecule has 0 saturated heterocycles. The zero-order chi connectivity index (χ0) is 5.86. The molecule has 0 aromatic carbocycles. The molecule has 0 fully saturated rings. The van der Waals surface area contributed by atoms with Gasteiger partial charge in [-0.2, -0.15) is 0 Å². The fraction of sp³-hybridized carbons (Fsp3) is 0. The maximum Gasteiger partial charge on any atom is 0.621 e. The molecular formula is H7B2NO5Zn. The molecule has 0 bridgehead atoms. The number of hydrogen-bond donors (Lipinski definition) is 5. The van der Waals surface area contributed by atoms with E-state index in [0.29, 0.717) is 0 Å². The molecule has 0 aromatic heterocycles.